The van der Waals surface area contributed by atoms with Gasteiger partial charge >= 0.3 is 0 Å². The monoisotopic (exact) mass is 377 g/mol. The van der Waals surface area contributed by atoms with Crippen molar-refractivity contribution in [3.63, 3.8) is 0 Å². The highest BCUT2D eigenvalue weighted by Crippen LogP contribution is 2.28. The summed E-state index contributed by atoms with van der Waals surface area (Å²) in [5.41, 5.74) is -0.453. The van der Waals surface area contributed by atoms with Crippen molar-refractivity contribution in [2.24, 2.45) is 0 Å². The first kappa shape index (κ1) is 6.45. The van der Waals surface area contributed by atoms with E-state index in [0.29, 0.717) is 0 Å². The molecule has 0 spiro atoms. The van der Waals surface area contributed by atoms with Gasteiger partial charge in [0.2, 0.25) is 0 Å². The highest BCUT2D eigenvalue weighted by Gasteiger charge is 2.07. The van der Waals surface area contributed by atoms with Crippen molar-refractivity contribution in [1.29, 1.82) is 0 Å². The molecule has 0 saturated heterocycles. The molecule has 0 radical (unpaired) electrons. The molecular weight excluding hydrogens is 328 g/mol. The van der Waals surface area contributed by atoms with Crippen LogP contribution in [-0.4, -0.2) is 31.8 Å². The summed E-state index contributed by atoms with van der Waals surface area (Å²) in [5, 5.41) is 10.8. The number of ether oxygens (including phenoxy) is 3. The molecule has 1 N–H and O–H groups in total. The zero-order chi connectivity index (χ0) is 35.5. The van der Waals surface area contributed by atoms with Gasteiger partial charge in [0.1, 0.15) is 12.3 Å². The van der Waals surface area contributed by atoms with Gasteiger partial charge in [-0.15, -0.1) is 0 Å². The maximum atomic E-state index is 10.8. The second-order valence-electron chi connectivity index (χ2n) is 5.00. The average molecular weight is 378 g/mol. The Morgan fingerprint density at radius 1 is 1.12 bits per heavy atom. The smallest absolute Gasteiger partial charge is 0.160 e. The van der Waals surface area contributed by atoms with Gasteiger partial charge in [0.15, 0.2) is 11.5 Å². The second-order valence-corrected chi connectivity index (χ2v) is 5.00. The lowest BCUT2D eigenvalue weighted by Crippen LogP contribution is -2.17. The van der Waals surface area contributed by atoms with Gasteiger partial charge in [0.05, 0.1) is 40.7 Å². The Hall–Kier alpha value is -2.20. The lowest BCUT2D eigenvalue weighted by Gasteiger charge is -2.13. The molecule has 0 bridgehead atoms. The molecule has 2 aromatic rings. The normalized spacial score (nSPS) is 26.3. The number of methoxy groups -OCH3 is 2. The van der Waals surface area contributed by atoms with Gasteiger partial charge < -0.3 is 19.3 Å². The predicted octanol–water partition coefficient (Wildman–Crippen LogP) is 4.47. The standard InChI is InChI=1S/C22H30O4/c1-16-9-11-20(13-17(16)2)26-15-19(23)8-6-5-7-18-10-12-21(24-3)22(14-18)25-4/h9-14,19,23H,5-8,15H2,1-4H3/i3D3,4D3,5D2,8D2,9D,10D,11D,12D,13D,14D,15D2,19D. The summed E-state index contributed by atoms with van der Waals surface area (Å²) in [5.74, 6) is -3.13. The molecule has 0 saturated carbocycles. The average Bonchev–Trinajstić information content (AvgIpc) is 2.85. The molecule has 2 aromatic carbocycles. The van der Waals surface area contributed by atoms with Crippen LogP contribution < -0.4 is 14.2 Å². The molecular formula is C22H30O4. The molecule has 26 heavy (non-hydrogen) atoms. The van der Waals surface area contributed by atoms with E-state index < -0.39 is 111 Å². The first-order valence-electron chi connectivity index (χ1n) is 16.9. The van der Waals surface area contributed by atoms with Gasteiger partial charge in [-0.25, -0.2) is 0 Å². The fourth-order valence-electron chi connectivity index (χ4n) is 1.71. The number of hydrogen-bond acceptors (Lipinski definition) is 4. The second kappa shape index (κ2) is 10.1. The van der Waals surface area contributed by atoms with E-state index >= 15 is 0 Å². The predicted molar refractivity (Wildman–Crippen MR) is 105 cm³/mol. The van der Waals surface area contributed by atoms with Crippen molar-refractivity contribution in [2.45, 2.75) is 45.5 Å². The number of hydrogen-bond donors (Lipinski definition) is 1. The van der Waals surface area contributed by atoms with E-state index in [0.717, 1.165) is 0 Å². The summed E-state index contributed by atoms with van der Waals surface area (Å²) in [6.07, 6.45) is -13.2. The Kier molecular flexibility index (Phi) is 2.50. The van der Waals surface area contributed by atoms with E-state index in [1.165, 1.54) is 13.8 Å². The van der Waals surface area contributed by atoms with Gasteiger partial charge in [0.25, 0.3) is 0 Å². The highest BCUT2D eigenvalue weighted by molar-refractivity contribution is 5.42. The quantitative estimate of drug-likeness (QED) is 0.663. The van der Waals surface area contributed by atoms with Crippen LogP contribution in [0.5, 0.6) is 17.2 Å². The fraction of sp³-hybridized carbons (Fsp3) is 0.455. The molecule has 4 nitrogen and oxygen atoms in total. The summed E-state index contributed by atoms with van der Waals surface area (Å²) < 4.78 is 165. The summed E-state index contributed by atoms with van der Waals surface area (Å²) >= 11 is 0. The Labute approximate surface area is 183 Å². The third-order valence-electron chi connectivity index (χ3n) is 3.16. The van der Waals surface area contributed by atoms with Crippen molar-refractivity contribution in [2.75, 3.05) is 20.6 Å². The lowest BCUT2D eigenvalue weighted by molar-refractivity contribution is 0.0976. The van der Waals surface area contributed by atoms with E-state index in [2.05, 4.69) is 9.47 Å². The van der Waals surface area contributed by atoms with Gasteiger partial charge in [-0.2, -0.15) is 0 Å². The van der Waals surface area contributed by atoms with Crippen molar-refractivity contribution in [3.8, 4) is 17.2 Å². The molecule has 0 aliphatic carbocycles. The molecule has 142 valence electrons. The van der Waals surface area contributed by atoms with Crippen LogP contribution in [0.2, 0.25) is 0 Å². The molecule has 0 heterocycles. The van der Waals surface area contributed by atoms with E-state index in [4.69, 9.17) is 30.8 Å². The third-order valence-corrected chi connectivity index (χ3v) is 3.16. The van der Waals surface area contributed by atoms with Crippen molar-refractivity contribution < 1.29 is 45.4 Å². The zero-order valence-electron chi connectivity index (χ0n) is 33.1. The van der Waals surface area contributed by atoms with E-state index in [9.17, 15) is 5.11 Å². The highest BCUT2D eigenvalue weighted by atomic mass is 16.5. The van der Waals surface area contributed by atoms with E-state index in [1.807, 2.05) is 0 Å². The minimum atomic E-state index is -3.96. The molecule has 2 rings (SSSR count). The number of benzene rings is 2. The lowest BCUT2D eigenvalue weighted by atomic mass is 10.0. The SMILES string of the molecule is [2H]c1c([2H])c(OC([2H])([2H])C([2H])(O)C([2H])([2H])CC([2H])([2H])Cc2c([2H])c([2H])c(OC([2H])([2H])[2H])c(OC([2H])([2H])[2H])c2[2H])c([2H])c(C)c1C. The molecule has 0 aliphatic heterocycles. The molecule has 0 amide bonds. The van der Waals surface area contributed by atoms with Gasteiger partial charge in [-0.1, -0.05) is 18.5 Å². The summed E-state index contributed by atoms with van der Waals surface area (Å²) in [7, 11) is -6.61. The Bertz CT molecular complexity index is 1420. The molecule has 1 atom stereocenters. The van der Waals surface area contributed by atoms with E-state index in [1.54, 1.807) is 0 Å². The van der Waals surface area contributed by atoms with Crippen LogP contribution in [0.4, 0.5) is 0 Å². The summed E-state index contributed by atoms with van der Waals surface area (Å²) in [6, 6.07) is -4.99. The first-order valence-corrected chi connectivity index (χ1v) is 7.36. The van der Waals surface area contributed by atoms with Crippen molar-refractivity contribution >= 4 is 0 Å². The molecule has 0 aromatic heterocycles. The van der Waals surface area contributed by atoms with Crippen LogP contribution in [0.3, 0.4) is 0 Å². The van der Waals surface area contributed by atoms with Crippen molar-refractivity contribution in [3.05, 3.63) is 52.9 Å². The topological polar surface area (TPSA) is 47.9 Å². The fourth-order valence-corrected chi connectivity index (χ4v) is 1.71. The molecule has 1 unspecified atom stereocenters. The van der Waals surface area contributed by atoms with Crippen LogP contribution in [0.15, 0.2) is 36.3 Å². The largest absolute Gasteiger partial charge is 0.493 e. The van der Waals surface area contributed by atoms with Crippen LogP contribution in [0, 0.1) is 13.8 Å². The number of aliphatic hydroxyl groups is 1. The molecule has 0 aliphatic rings. The van der Waals surface area contributed by atoms with Crippen LogP contribution in [-0.2, 0) is 6.42 Å². The van der Waals surface area contributed by atoms with Gasteiger partial charge in [-0.3, -0.25) is 0 Å². The summed E-state index contributed by atoms with van der Waals surface area (Å²) in [4.78, 5) is 0. The Morgan fingerprint density at radius 3 is 2.73 bits per heavy atom. The van der Waals surface area contributed by atoms with E-state index in [-0.39, 0.29) is 11.1 Å². The molecule has 4 heteroatoms. The number of rotatable bonds is 10. The Balaban J connectivity index is 2.55. The minimum Gasteiger partial charge on any atom is -0.493 e. The molecule has 0 fully saturated rings. The Morgan fingerprint density at radius 2 is 1.92 bits per heavy atom. The van der Waals surface area contributed by atoms with Gasteiger partial charge in [-0.05, 0) is 73.9 Å². The van der Waals surface area contributed by atoms with Crippen LogP contribution in [0.1, 0.15) is 61.9 Å². The van der Waals surface area contributed by atoms with Crippen LogP contribution in [0.25, 0.3) is 0 Å². The first-order chi connectivity index (χ1) is 19.9. The van der Waals surface area contributed by atoms with Crippen LogP contribution >= 0.6 is 0 Å². The minimum absolute atomic E-state index is 0.109. The third kappa shape index (κ3) is 5.95. The maximum absolute atomic E-state index is 10.8. The summed E-state index contributed by atoms with van der Waals surface area (Å²) in [6.45, 7) is -0.969. The van der Waals surface area contributed by atoms with Crippen molar-refractivity contribution in [1.82, 2.24) is 0 Å². The zero-order valence-corrected chi connectivity index (χ0v) is 14.1. The maximum Gasteiger partial charge on any atom is 0.160 e. The van der Waals surface area contributed by atoms with Gasteiger partial charge in [0, 0.05) is 5.48 Å².